The Bertz CT molecular complexity index is 460. The predicted molar refractivity (Wildman–Crippen MR) is 81.2 cm³/mol. The molecule has 1 unspecified atom stereocenters. The number of hydrogen-bond donors (Lipinski definition) is 2. The van der Waals surface area contributed by atoms with Gasteiger partial charge in [-0.2, -0.15) is 0 Å². The van der Waals surface area contributed by atoms with Gasteiger partial charge in [0.25, 0.3) is 0 Å². The van der Waals surface area contributed by atoms with E-state index in [1.165, 1.54) is 25.7 Å². The zero-order valence-corrected chi connectivity index (χ0v) is 12.3. The SMILES string of the molecule is COc1cccc(NC2CCC[C@H]3CCCC[C@@]23O)c1. The highest BCUT2D eigenvalue weighted by Crippen LogP contribution is 2.44. The van der Waals surface area contributed by atoms with Crippen molar-refractivity contribution in [2.24, 2.45) is 5.92 Å². The first-order chi connectivity index (χ1) is 9.72. The zero-order chi connectivity index (χ0) is 14.0. The van der Waals surface area contributed by atoms with E-state index in [0.717, 1.165) is 30.7 Å². The smallest absolute Gasteiger partial charge is 0.120 e. The molecule has 3 heteroatoms. The minimum Gasteiger partial charge on any atom is -0.497 e. The lowest BCUT2D eigenvalue weighted by atomic mass is 9.65. The van der Waals surface area contributed by atoms with E-state index in [-0.39, 0.29) is 6.04 Å². The molecule has 110 valence electrons. The quantitative estimate of drug-likeness (QED) is 0.886. The number of hydrogen-bond acceptors (Lipinski definition) is 3. The number of ether oxygens (including phenoxy) is 1. The Kier molecular flexibility index (Phi) is 3.88. The Morgan fingerprint density at radius 2 is 2.05 bits per heavy atom. The largest absolute Gasteiger partial charge is 0.497 e. The van der Waals surface area contributed by atoms with Crippen LogP contribution in [0.4, 0.5) is 5.69 Å². The summed E-state index contributed by atoms with van der Waals surface area (Å²) in [6.07, 6.45) is 8.03. The molecule has 2 aliphatic carbocycles. The molecule has 0 aromatic heterocycles. The summed E-state index contributed by atoms with van der Waals surface area (Å²) >= 11 is 0. The number of rotatable bonds is 3. The van der Waals surface area contributed by atoms with Crippen molar-refractivity contribution in [1.29, 1.82) is 0 Å². The molecule has 2 aliphatic rings. The first kappa shape index (κ1) is 13.7. The third kappa shape index (κ3) is 2.51. The van der Waals surface area contributed by atoms with Crippen LogP contribution in [-0.4, -0.2) is 23.9 Å². The molecule has 20 heavy (non-hydrogen) atoms. The molecule has 3 atom stereocenters. The van der Waals surface area contributed by atoms with Crippen molar-refractivity contribution in [3.05, 3.63) is 24.3 Å². The van der Waals surface area contributed by atoms with Crippen molar-refractivity contribution >= 4 is 5.69 Å². The van der Waals surface area contributed by atoms with Crippen molar-refractivity contribution in [2.45, 2.75) is 56.6 Å². The standard InChI is InChI=1S/C17H25NO2/c1-20-15-9-5-8-14(12-15)18-16-10-4-7-13-6-2-3-11-17(13,16)19/h5,8-9,12-13,16,18-19H,2-4,6-7,10-11H2,1H3/t13-,16?,17+/m1/s1. The summed E-state index contributed by atoms with van der Waals surface area (Å²) < 4.78 is 5.27. The molecular weight excluding hydrogens is 250 g/mol. The van der Waals surface area contributed by atoms with Crippen LogP contribution in [0.3, 0.4) is 0 Å². The number of nitrogens with one attached hydrogen (secondary N) is 1. The minimum absolute atomic E-state index is 0.175. The molecule has 0 amide bonds. The Morgan fingerprint density at radius 3 is 2.90 bits per heavy atom. The number of benzene rings is 1. The van der Waals surface area contributed by atoms with Crippen LogP contribution in [0.5, 0.6) is 5.75 Å². The van der Waals surface area contributed by atoms with Gasteiger partial charge in [0.05, 0.1) is 18.8 Å². The van der Waals surface area contributed by atoms with Gasteiger partial charge in [-0.15, -0.1) is 0 Å². The van der Waals surface area contributed by atoms with Gasteiger partial charge in [-0.05, 0) is 43.7 Å². The van der Waals surface area contributed by atoms with E-state index >= 15 is 0 Å². The summed E-state index contributed by atoms with van der Waals surface area (Å²) in [5.74, 6) is 1.34. The summed E-state index contributed by atoms with van der Waals surface area (Å²) in [5.41, 5.74) is 0.536. The van der Waals surface area contributed by atoms with Crippen LogP contribution in [0, 0.1) is 5.92 Å². The molecular formula is C17H25NO2. The Hall–Kier alpha value is -1.22. The molecule has 1 aromatic carbocycles. The predicted octanol–water partition coefficient (Wildman–Crippen LogP) is 3.58. The molecule has 0 aliphatic heterocycles. The molecule has 3 nitrogen and oxygen atoms in total. The Balaban J connectivity index is 1.77. The summed E-state index contributed by atoms with van der Waals surface area (Å²) in [6, 6.07) is 8.18. The summed E-state index contributed by atoms with van der Waals surface area (Å²) in [5, 5.41) is 14.7. The number of fused-ring (bicyclic) bond motifs is 1. The lowest BCUT2D eigenvalue weighted by Gasteiger charge is -2.49. The van der Waals surface area contributed by atoms with E-state index in [0.29, 0.717) is 5.92 Å². The second kappa shape index (κ2) is 5.65. The summed E-state index contributed by atoms with van der Waals surface area (Å²) in [7, 11) is 1.68. The molecule has 1 aromatic rings. The van der Waals surface area contributed by atoms with E-state index in [4.69, 9.17) is 4.74 Å². The third-order valence-electron chi connectivity index (χ3n) is 5.15. The maximum absolute atomic E-state index is 11.1. The molecule has 0 bridgehead atoms. The van der Waals surface area contributed by atoms with Crippen molar-refractivity contribution < 1.29 is 9.84 Å². The normalized spacial score (nSPS) is 33.3. The maximum Gasteiger partial charge on any atom is 0.120 e. The van der Waals surface area contributed by atoms with Crippen molar-refractivity contribution in [2.75, 3.05) is 12.4 Å². The molecule has 0 heterocycles. The second-order valence-electron chi connectivity index (χ2n) is 6.29. The lowest BCUT2D eigenvalue weighted by Crippen LogP contribution is -2.56. The Labute approximate surface area is 121 Å². The van der Waals surface area contributed by atoms with E-state index in [1.54, 1.807) is 7.11 Å². The summed E-state index contributed by atoms with van der Waals surface area (Å²) in [6.45, 7) is 0. The highest BCUT2D eigenvalue weighted by Gasteiger charge is 2.47. The van der Waals surface area contributed by atoms with Crippen LogP contribution < -0.4 is 10.1 Å². The number of anilines is 1. The van der Waals surface area contributed by atoms with Crippen molar-refractivity contribution in [3.63, 3.8) is 0 Å². The van der Waals surface area contributed by atoms with Gasteiger partial charge >= 0.3 is 0 Å². The average molecular weight is 275 g/mol. The van der Waals surface area contributed by atoms with Gasteiger partial charge < -0.3 is 15.2 Å². The van der Waals surface area contributed by atoms with Crippen LogP contribution in [0.2, 0.25) is 0 Å². The van der Waals surface area contributed by atoms with Gasteiger partial charge in [0, 0.05) is 11.8 Å². The molecule has 0 saturated heterocycles. The van der Waals surface area contributed by atoms with Crippen LogP contribution in [0.1, 0.15) is 44.9 Å². The first-order valence-electron chi connectivity index (χ1n) is 7.85. The maximum atomic E-state index is 11.1. The topological polar surface area (TPSA) is 41.5 Å². The Morgan fingerprint density at radius 1 is 1.20 bits per heavy atom. The van der Waals surface area contributed by atoms with E-state index in [9.17, 15) is 5.11 Å². The number of aliphatic hydroxyl groups is 1. The number of methoxy groups -OCH3 is 1. The van der Waals surface area contributed by atoms with Crippen LogP contribution in [0.25, 0.3) is 0 Å². The first-order valence-corrected chi connectivity index (χ1v) is 7.85. The van der Waals surface area contributed by atoms with Crippen molar-refractivity contribution in [1.82, 2.24) is 0 Å². The second-order valence-corrected chi connectivity index (χ2v) is 6.29. The minimum atomic E-state index is -0.514. The highest BCUT2D eigenvalue weighted by atomic mass is 16.5. The van der Waals surface area contributed by atoms with Crippen LogP contribution in [-0.2, 0) is 0 Å². The molecule has 2 fully saturated rings. The van der Waals surface area contributed by atoms with Gasteiger partial charge in [-0.3, -0.25) is 0 Å². The lowest BCUT2D eigenvalue weighted by molar-refractivity contribution is -0.0835. The summed E-state index contributed by atoms with van der Waals surface area (Å²) in [4.78, 5) is 0. The fraction of sp³-hybridized carbons (Fsp3) is 0.647. The molecule has 2 saturated carbocycles. The molecule has 3 rings (SSSR count). The fourth-order valence-electron chi connectivity index (χ4n) is 4.04. The highest BCUT2D eigenvalue weighted by molar-refractivity contribution is 5.49. The molecule has 0 radical (unpaired) electrons. The van der Waals surface area contributed by atoms with Gasteiger partial charge in [0.2, 0.25) is 0 Å². The van der Waals surface area contributed by atoms with Crippen LogP contribution in [0.15, 0.2) is 24.3 Å². The van der Waals surface area contributed by atoms with Gasteiger partial charge in [0.1, 0.15) is 5.75 Å². The van der Waals surface area contributed by atoms with Gasteiger partial charge in [-0.25, -0.2) is 0 Å². The van der Waals surface area contributed by atoms with E-state index in [1.807, 2.05) is 18.2 Å². The van der Waals surface area contributed by atoms with Crippen LogP contribution >= 0.6 is 0 Å². The van der Waals surface area contributed by atoms with E-state index in [2.05, 4.69) is 11.4 Å². The molecule has 0 spiro atoms. The van der Waals surface area contributed by atoms with Crippen molar-refractivity contribution in [3.8, 4) is 5.75 Å². The van der Waals surface area contributed by atoms with E-state index < -0.39 is 5.60 Å². The third-order valence-corrected chi connectivity index (χ3v) is 5.15. The zero-order valence-electron chi connectivity index (χ0n) is 12.3. The molecule has 2 N–H and O–H groups in total. The van der Waals surface area contributed by atoms with Gasteiger partial charge in [0.15, 0.2) is 0 Å². The monoisotopic (exact) mass is 275 g/mol. The van der Waals surface area contributed by atoms with Gasteiger partial charge in [-0.1, -0.05) is 25.3 Å². The fourth-order valence-corrected chi connectivity index (χ4v) is 4.04. The average Bonchev–Trinajstić information content (AvgIpc) is 2.48.